The van der Waals surface area contributed by atoms with E-state index in [1.165, 1.54) is 18.2 Å². The second-order valence-corrected chi connectivity index (χ2v) is 8.23. The van der Waals surface area contributed by atoms with Crippen molar-refractivity contribution in [3.63, 3.8) is 0 Å². The van der Waals surface area contributed by atoms with Gasteiger partial charge < -0.3 is 19.4 Å². The first-order valence-electron chi connectivity index (χ1n) is 11.8. The number of anilines is 2. The quantitative estimate of drug-likeness (QED) is 0.344. The summed E-state index contributed by atoms with van der Waals surface area (Å²) in [5, 5.41) is 2.84. The lowest BCUT2D eigenvalue weighted by atomic mass is 10.1. The Kier molecular flexibility index (Phi) is 6.67. The third kappa shape index (κ3) is 4.92. The summed E-state index contributed by atoms with van der Waals surface area (Å²) in [4.78, 5) is 44.3. The molecule has 1 N–H and O–H groups in total. The van der Waals surface area contributed by atoms with Crippen LogP contribution >= 0.6 is 0 Å². The number of aromatic nitrogens is 2. The highest BCUT2D eigenvalue weighted by atomic mass is 16.5. The Bertz CT molecular complexity index is 1450. The van der Waals surface area contributed by atoms with Crippen LogP contribution in [-0.4, -0.2) is 40.5 Å². The molecule has 0 aliphatic carbocycles. The number of nitrogens with zero attached hydrogens (tertiary/aromatic N) is 3. The van der Waals surface area contributed by atoms with Crippen LogP contribution in [0.5, 0.6) is 11.5 Å². The largest absolute Gasteiger partial charge is 0.494 e. The molecular weight excluding hydrogens is 472 g/mol. The number of imide groups is 1. The Labute approximate surface area is 213 Å². The highest BCUT2D eigenvalue weighted by Gasteiger charge is 2.37. The van der Waals surface area contributed by atoms with Crippen molar-refractivity contribution in [1.29, 1.82) is 0 Å². The molecule has 3 amide bonds. The molecule has 1 aromatic heterocycles. The van der Waals surface area contributed by atoms with Gasteiger partial charge in [0.05, 0.1) is 42.0 Å². The van der Waals surface area contributed by atoms with Gasteiger partial charge in [0.15, 0.2) is 0 Å². The fraction of sp³-hybridized carbons (Fsp3) is 0.143. The molecule has 2 heterocycles. The van der Waals surface area contributed by atoms with Gasteiger partial charge in [-0.15, -0.1) is 0 Å². The molecule has 0 spiro atoms. The van der Waals surface area contributed by atoms with Crippen molar-refractivity contribution >= 4 is 29.1 Å². The van der Waals surface area contributed by atoms with Crippen LogP contribution in [0, 0.1) is 0 Å². The van der Waals surface area contributed by atoms with Crippen LogP contribution in [0.3, 0.4) is 0 Å². The van der Waals surface area contributed by atoms with Gasteiger partial charge in [0.1, 0.15) is 18.1 Å². The van der Waals surface area contributed by atoms with Crippen LogP contribution in [0.25, 0.3) is 0 Å². The second-order valence-electron chi connectivity index (χ2n) is 8.23. The molecule has 4 aromatic rings. The fourth-order valence-electron chi connectivity index (χ4n) is 4.04. The van der Waals surface area contributed by atoms with E-state index in [9.17, 15) is 14.4 Å². The van der Waals surface area contributed by atoms with Gasteiger partial charge >= 0.3 is 0 Å². The minimum Gasteiger partial charge on any atom is -0.494 e. The first kappa shape index (κ1) is 23.8. The van der Waals surface area contributed by atoms with Crippen LogP contribution in [0.15, 0.2) is 85.5 Å². The van der Waals surface area contributed by atoms with E-state index < -0.39 is 17.7 Å². The van der Waals surface area contributed by atoms with Crippen LogP contribution < -0.4 is 19.7 Å². The molecule has 186 valence electrons. The molecule has 9 nitrogen and oxygen atoms in total. The molecular formula is C28H24N4O5. The van der Waals surface area contributed by atoms with Crippen LogP contribution in [0.4, 0.5) is 11.4 Å². The van der Waals surface area contributed by atoms with E-state index >= 15 is 0 Å². The lowest BCUT2D eigenvalue weighted by molar-refractivity contribution is 0.0925. The van der Waals surface area contributed by atoms with Gasteiger partial charge in [-0.1, -0.05) is 12.1 Å². The van der Waals surface area contributed by atoms with Crippen molar-refractivity contribution in [3.8, 4) is 11.5 Å². The maximum absolute atomic E-state index is 13.1. The minimum absolute atomic E-state index is 0.177. The van der Waals surface area contributed by atoms with Crippen molar-refractivity contribution in [1.82, 2.24) is 9.55 Å². The Balaban J connectivity index is 1.31. The third-order valence-electron chi connectivity index (χ3n) is 5.86. The van der Waals surface area contributed by atoms with E-state index in [0.29, 0.717) is 42.6 Å². The van der Waals surface area contributed by atoms with E-state index in [2.05, 4.69) is 10.3 Å². The Morgan fingerprint density at radius 1 is 0.946 bits per heavy atom. The normalized spacial score (nSPS) is 12.4. The summed E-state index contributed by atoms with van der Waals surface area (Å²) in [5.41, 5.74) is 1.61. The van der Waals surface area contributed by atoms with Crippen molar-refractivity contribution in [2.24, 2.45) is 0 Å². The molecule has 9 heteroatoms. The summed E-state index contributed by atoms with van der Waals surface area (Å²) < 4.78 is 13.2. The lowest BCUT2D eigenvalue weighted by Gasteiger charge is -2.14. The molecule has 0 saturated heterocycles. The standard InChI is InChI=1S/C28H24N4O5/c1-2-36-21-10-8-20(9-11-21)32-27(34)22-12-7-19(17-23(22)28(32)35)26(33)30-24-5-3-4-6-25(24)37-16-15-31-14-13-29-18-31/h3-14,17-18H,2,15-16H2,1H3,(H,30,33). The highest BCUT2D eigenvalue weighted by molar-refractivity contribution is 6.34. The van der Waals surface area contributed by atoms with Crippen LogP contribution in [-0.2, 0) is 6.54 Å². The maximum atomic E-state index is 13.1. The number of rotatable bonds is 9. The van der Waals surface area contributed by atoms with E-state index in [4.69, 9.17) is 9.47 Å². The van der Waals surface area contributed by atoms with Gasteiger partial charge in [-0.3, -0.25) is 14.4 Å². The first-order valence-corrected chi connectivity index (χ1v) is 11.8. The predicted octanol–water partition coefficient (Wildman–Crippen LogP) is 4.41. The molecule has 0 saturated carbocycles. The van der Waals surface area contributed by atoms with E-state index in [-0.39, 0.29) is 16.7 Å². The molecule has 1 aliphatic rings. The first-order chi connectivity index (χ1) is 18.0. The van der Waals surface area contributed by atoms with Crippen LogP contribution in [0.1, 0.15) is 38.0 Å². The average Bonchev–Trinajstić information content (AvgIpc) is 3.52. The number of fused-ring (bicyclic) bond motifs is 1. The summed E-state index contributed by atoms with van der Waals surface area (Å²) in [7, 11) is 0. The number of hydrogen-bond donors (Lipinski definition) is 1. The van der Waals surface area contributed by atoms with Gasteiger partial charge in [-0.05, 0) is 61.5 Å². The van der Waals surface area contributed by atoms with Crippen molar-refractivity contribution in [2.45, 2.75) is 13.5 Å². The van der Waals surface area contributed by atoms with Crippen molar-refractivity contribution in [3.05, 3.63) is 102 Å². The van der Waals surface area contributed by atoms with Crippen LogP contribution in [0.2, 0.25) is 0 Å². The molecule has 3 aromatic carbocycles. The zero-order chi connectivity index (χ0) is 25.8. The maximum Gasteiger partial charge on any atom is 0.266 e. The monoisotopic (exact) mass is 496 g/mol. The van der Waals surface area contributed by atoms with Gasteiger partial charge in [0.2, 0.25) is 0 Å². The Morgan fingerprint density at radius 3 is 2.49 bits per heavy atom. The molecule has 0 bridgehead atoms. The molecule has 1 aliphatic heterocycles. The number of nitrogens with one attached hydrogen (secondary N) is 1. The van der Waals surface area contributed by atoms with E-state index in [1.807, 2.05) is 23.8 Å². The number of amides is 3. The van der Waals surface area contributed by atoms with Gasteiger partial charge in [-0.25, -0.2) is 9.88 Å². The minimum atomic E-state index is -0.484. The zero-order valence-electron chi connectivity index (χ0n) is 20.1. The van der Waals surface area contributed by atoms with Gasteiger partial charge in [-0.2, -0.15) is 0 Å². The number of benzene rings is 3. The second kappa shape index (κ2) is 10.4. The summed E-state index contributed by atoms with van der Waals surface area (Å²) in [6.07, 6.45) is 5.24. The molecule has 0 atom stereocenters. The van der Waals surface area contributed by atoms with Crippen molar-refractivity contribution < 1.29 is 23.9 Å². The predicted molar refractivity (Wildman–Crippen MR) is 137 cm³/mol. The smallest absolute Gasteiger partial charge is 0.266 e. The number of ether oxygens (including phenoxy) is 2. The zero-order valence-corrected chi connectivity index (χ0v) is 20.1. The van der Waals surface area contributed by atoms with E-state index in [0.717, 1.165) is 4.90 Å². The van der Waals surface area contributed by atoms with E-state index in [1.54, 1.807) is 55.0 Å². The molecule has 37 heavy (non-hydrogen) atoms. The fourth-order valence-corrected chi connectivity index (χ4v) is 4.04. The van der Waals surface area contributed by atoms with Gasteiger partial charge in [0.25, 0.3) is 17.7 Å². The highest BCUT2D eigenvalue weighted by Crippen LogP contribution is 2.31. The number of hydrogen-bond acceptors (Lipinski definition) is 6. The van der Waals surface area contributed by atoms with Crippen molar-refractivity contribution in [2.75, 3.05) is 23.4 Å². The summed E-state index contributed by atoms with van der Waals surface area (Å²) in [5.74, 6) is -0.180. The summed E-state index contributed by atoms with van der Waals surface area (Å²) in [6, 6.07) is 18.3. The Hall–Kier alpha value is -4.92. The molecule has 0 unspecified atom stereocenters. The Morgan fingerprint density at radius 2 is 1.73 bits per heavy atom. The summed E-state index contributed by atoms with van der Waals surface area (Å²) >= 11 is 0. The average molecular weight is 497 g/mol. The van der Waals surface area contributed by atoms with Gasteiger partial charge in [0, 0.05) is 18.0 Å². The number of carbonyl (C=O) groups is 3. The molecule has 0 radical (unpaired) electrons. The number of para-hydroxylation sites is 2. The lowest BCUT2D eigenvalue weighted by Crippen LogP contribution is -2.29. The topological polar surface area (TPSA) is 103 Å². The summed E-state index contributed by atoms with van der Waals surface area (Å²) in [6.45, 7) is 3.38. The number of carbonyl (C=O) groups excluding carboxylic acids is 3. The molecule has 5 rings (SSSR count). The molecule has 0 fully saturated rings. The SMILES string of the molecule is CCOc1ccc(N2C(=O)c3ccc(C(=O)Nc4ccccc4OCCn4ccnc4)cc3C2=O)cc1. The third-order valence-corrected chi connectivity index (χ3v) is 5.86. The number of imidazole rings is 1.